The number of carbonyl (C=O) groups is 1. The van der Waals surface area contributed by atoms with Crippen molar-refractivity contribution in [2.75, 3.05) is 0 Å². The molecule has 0 bridgehead atoms. The summed E-state index contributed by atoms with van der Waals surface area (Å²) >= 11 is 5.94. The lowest BCUT2D eigenvalue weighted by Gasteiger charge is -2.03. The highest BCUT2D eigenvalue weighted by Crippen LogP contribution is 2.34. The fourth-order valence-electron chi connectivity index (χ4n) is 1.68. The normalized spacial score (nSPS) is 10.9. The van der Waals surface area contributed by atoms with E-state index in [0.717, 1.165) is 0 Å². The van der Waals surface area contributed by atoms with E-state index in [2.05, 4.69) is 9.68 Å². The zero-order chi connectivity index (χ0) is 14.0. The van der Waals surface area contributed by atoms with Crippen LogP contribution in [0.5, 0.6) is 0 Å². The molecule has 1 aromatic carbocycles. The monoisotopic (exact) mass is 287 g/mol. The van der Waals surface area contributed by atoms with E-state index < -0.39 is 24.6 Å². The molecule has 0 fully saturated rings. The SMILES string of the molecule is O=C(O)Cc1c(-c2ccccc2Cl)noc1C(F)F. The molecule has 2 rings (SSSR count). The van der Waals surface area contributed by atoms with Gasteiger partial charge in [0.25, 0.3) is 6.43 Å². The van der Waals surface area contributed by atoms with Gasteiger partial charge in [0.15, 0.2) is 0 Å². The van der Waals surface area contributed by atoms with Gasteiger partial charge >= 0.3 is 5.97 Å². The van der Waals surface area contributed by atoms with Crippen LogP contribution < -0.4 is 0 Å². The van der Waals surface area contributed by atoms with Crippen LogP contribution in [0, 0.1) is 0 Å². The molecule has 0 saturated carbocycles. The molecule has 0 aliphatic carbocycles. The molecule has 0 atom stereocenters. The number of carboxylic acids is 1. The van der Waals surface area contributed by atoms with Crippen molar-refractivity contribution in [3.63, 3.8) is 0 Å². The van der Waals surface area contributed by atoms with Gasteiger partial charge in [0.1, 0.15) is 5.69 Å². The van der Waals surface area contributed by atoms with Crippen LogP contribution in [0.15, 0.2) is 28.8 Å². The Morgan fingerprint density at radius 3 is 2.68 bits per heavy atom. The first-order chi connectivity index (χ1) is 9.00. The minimum atomic E-state index is -2.93. The van der Waals surface area contributed by atoms with Crippen LogP contribution in [0.1, 0.15) is 17.7 Å². The number of alkyl halides is 2. The zero-order valence-corrected chi connectivity index (χ0v) is 10.2. The number of rotatable bonds is 4. The summed E-state index contributed by atoms with van der Waals surface area (Å²) in [6, 6.07) is 6.41. The van der Waals surface area contributed by atoms with E-state index in [9.17, 15) is 13.6 Å². The molecule has 0 saturated heterocycles. The quantitative estimate of drug-likeness (QED) is 0.934. The molecule has 0 unspecified atom stereocenters. The van der Waals surface area contributed by atoms with Crippen LogP contribution in [0.4, 0.5) is 8.78 Å². The third-order valence-corrected chi connectivity index (χ3v) is 2.80. The topological polar surface area (TPSA) is 63.3 Å². The summed E-state index contributed by atoms with van der Waals surface area (Å²) in [5, 5.41) is 12.6. The number of carboxylic acid groups (broad SMARTS) is 1. The lowest BCUT2D eigenvalue weighted by Crippen LogP contribution is -2.03. The van der Waals surface area contributed by atoms with Gasteiger partial charge in [-0.1, -0.05) is 35.0 Å². The Labute approximate surface area is 111 Å². The van der Waals surface area contributed by atoms with Gasteiger partial charge in [-0.15, -0.1) is 0 Å². The third-order valence-electron chi connectivity index (χ3n) is 2.47. The smallest absolute Gasteiger partial charge is 0.308 e. The highest BCUT2D eigenvalue weighted by atomic mass is 35.5. The van der Waals surface area contributed by atoms with E-state index in [1.165, 1.54) is 0 Å². The summed E-state index contributed by atoms with van der Waals surface area (Å²) in [7, 11) is 0. The maximum absolute atomic E-state index is 12.7. The Kier molecular flexibility index (Phi) is 3.80. The van der Waals surface area contributed by atoms with Gasteiger partial charge in [-0.05, 0) is 6.07 Å². The molecule has 0 amide bonds. The fraction of sp³-hybridized carbons (Fsp3) is 0.167. The van der Waals surface area contributed by atoms with E-state index in [4.69, 9.17) is 16.7 Å². The summed E-state index contributed by atoms with van der Waals surface area (Å²) in [6.45, 7) is 0. The minimum absolute atomic E-state index is 0.0308. The molecule has 1 heterocycles. The lowest BCUT2D eigenvalue weighted by atomic mass is 10.0. The molecule has 0 aliphatic heterocycles. The van der Waals surface area contributed by atoms with Gasteiger partial charge in [0.2, 0.25) is 5.76 Å². The van der Waals surface area contributed by atoms with Crippen LogP contribution in [-0.4, -0.2) is 16.2 Å². The molecule has 0 spiro atoms. The lowest BCUT2D eigenvalue weighted by molar-refractivity contribution is -0.136. The van der Waals surface area contributed by atoms with Crippen molar-refractivity contribution in [3.05, 3.63) is 40.6 Å². The predicted molar refractivity (Wildman–Crippen MR) is 63.2 cm³/mol. The molecular formula is C12H8ClF2NO3. The Morgan fingerprint density at radius 2 is 2.11 bits per heavy atom. The van der Waals surface area contributed by atoms with E-state index in [0.29, 0.717) is 5.56 Å². The predicted octanol–water partition coefficient (Wildman–Crippen LogP) is 3.56. The van der Waals surface area contributed by atoms with Crippen molar-refractivity contribution in [1.82, 2.24) is 5.16 Å². The van der Waals surface area contributed by atoms with Crippen LogP contribution in [0.3, 0.4) is 0 Å². The Balaban J connectivity index is 2.58. The molecule has 1 N–H and O–H groups in total. The van der Waals surface area contributed by atoms with E-state index >= 15 is 0 Å². The van der Waals surface area contributed by atoms with E-state index in [1.807, 2.05) is 0 Å². The molecule has 1 aromatic heterocycles. The maximum atomic E-state index is 12.7. The molecule has 19 heavy (non-hydrogen) atoms. The first-order valence-corrected chi connectivity index (χ1v) is 5.61. The molecule has 7 heteroatoms. The van der Waals surface area contributed by atoms with Crippen molar-refractivity contribution >= 4 is 17.6 Å². The molecule has 100 valence electrons. The second-order valence-corrected chi connectivity index (χ2v) is 4.13. The summed E-state index contributed by atoms with van der Waals surface area (Å²) in [4.78, 5) is 10.8. The highest BCUT2D eigenvalue weighted by Gasteiger charge is 2.26. The van der Waals surface area contributed by atoms with Gasteiger partial charge in [0, 0.05) is 11.1 Å². The molecule has 2 aromatic rings. The summed E-state index contributed by atoms with van der Waals surface area (Å²) in [5.74, 6) is -1.99. The number of hydrogen-bond acceptors (Lipinski definition) is 3. The summed E-state index contributed by atoms with van der Waals surface area (Å²) in [5.41, 5.74) is 0.231. The summed E-state index contributed by atoms with van der Waals surface area (Å²) in [6.07, 6.45) is -3.54. The van der Waals surface area contributed by atoms with E-state index in [-0.39, 0.29) is 16.3 Å². The highest BCUT2D eigenvalue weighted by molar-refractivity contribution is 6.33. The number of aromatic nitrogens is 1. The van der Waals surface area contributed by atoms with Gasteiger partial charge in [0.05, 0.1) is 11.4 Å². The number of benzene rings is 1. The average Bonchev–Trinajstić information content (AvgIpc) is 2.72. The van der Waals surface area contributed by atoms with Gasteiger partial charge in [-0.3, -0.25) is 4.79 Å². The van der Waals surface area contributed by atoms with E-state index in [1.54, 1.807) is 24.3 Å². The second-order valence-electron chi connectivity index (χ2n) is 3.73. The maximum Gasteiger partial charge on any atom is 0.308 e. The van der Waals surface area contributed by atoms with Crippen LogP contribution in [0.2, 0.25) is 5.02 Å². The molecule has 0 aliphatic rings. The minimum Gasteiger partial charge on any atom is -0.481 e. The second kappa shape index (κ2) is 5.36. The number of halogens is 3. The number of aliphatic carboxylic acids is 1. The molecular weight excluding hydrogens is 280 g/mol. The average molecular weight is 288 g/mol. The van der Waals surface area contributed by atoms with Gasteiger partial charge in [-0.2, -0.15) is 0 Å². The number of hydrogen-bond donors (Lipinski definition) is 1. The Hall–Kier alpha value is -1.95. The van der Waals surface area contributed by atoms with Crippen molar-refractivity contribution in [1.29, 1.82) is 0 Å². The Morgan fingerprint density at radius 1 is 1.42 bits per heavy atom. The van der Waals surface area contributed by atoms with Crippen molar-refractivity contribution in [2.45, 2.75) is 12.8 Å². The van der Waals surface area contributed by atoms with Crippen molar-refractivity contribution in [3.8, 4) is 11.3 Å². The van der Waals surface area contributed by atoms with Crippen molar-refractivity contribution < 1.29 is 23.2 Å². The number of nitrogens with zero attached hydrogens (tertiary/aromatic N) is 1. The Bertz CT molecular complexity index is 613. The van der Waals surface area contributed by atoms with Crippen LogP contribution in [-0.2, 0) is 11.2 Å². The standard InChI is InChI=1S/C12H8ClF2NO3/c13-8-4-2-1-3-6(8)10-7(5-9(17)18)11(12(14)15)19-16-10/h1-4,12H,5H2,(H,17,18). The third kappa shape index (κ3) is 2.73. The van der Waals surface area contributed by atoms with Gasteiger partial charge < -0.3 is 9.63 Å². The first-order valence-electron chi connectivity index (χ1n) is 5.24. The van der Waals surface area contributed by atoms with Crippen LogP contribution >= 0.6 is 11.6 Å². The molecule has 0 radical (unpaired) electrons. The van der Waals surface area contributed by atoms with Crippen molar-refractivity contribution in [2.24, 2.45) is 0 Å². The summed E-state index contributed by atoms with van der Waals surface area (Å²) < 4.78 is 30.0. The first kappa shape index (κ1) is 13.5. The zero-order valence-electron chi connectivity index (χ0n) is 9.44. The molecule has 4 nitrogen and oxygen atoms in total. The van der Waals surface area contributed by atoms with Gasteiger partial charge in [-0.25, -0.2) is 8.78 Å². The largest absolute Gasteiger partial charge is 0.481 e. The fourth-order valence-corrected chi connectivity index (χ4v) is 1.91. The van der Waals surface area contributed by atoms with Crippen LogP contribution in [0.25, 0.3) is 11.3 Å².